The summed E-state index contributed by atoms with van der Waals surface area (Å²) in [6.07, 6.45) is 2.22. The van der Waals surface area contributed by atoms with E-state index in [-0.39, 0.29) is 11.9 Å². The van der Waals surface area contributed by atoms with E-state index in [9.17, 15) is 4.39 Å². The summed E-state index contributed by atoms with van der Waals surface area (Å²) in [5.41, 5.74) is 6.35. The molecule has 1 heterocycles. The summed E-state index contributed by atoms with van der Waals surface area (Å²) in [6, 6.07) is 5.62. The molecule has 1 aromatic carbocycles. The van der Waals surface area contributed by atoms with Gasteiger partial charge in [0.25, 0.3) is 0 Å². The molecule has 88 valence electrons. The summed E-state index contributed by atoms with van der Waals surface area (Å²) in [6.45, 7) is 3.58. The van der Waals surface area contributed by atoms with Crippen LogP contribution < -0.4 is 5.73 Å². The van der Waals surface area contributed by atoms with Crippen LogP contribution in [-0.2, 0) is 0 Å². The molecule has 4 nitrogen and oxygen atoms in total. The minimum absolute atomic E-state index is 0.323. The van der Waals surface area contributed by atoms with Gasteiger partial charge < -0.3 is 10.3 Å². The van der Waals surface area contributed by atoms with Crippen molar-refractivity contribution in [1.29, 1.82) is 0 Å². The molecule has 0 amide bonds. The molecule has 5 heteroatoms. The van der Waals surface area contributed by atoms with Gasteiger partial charge in [-0.1, -0.05) is 23.4 Å². The number of benzene rings is 1. The topological polar surface area (TPSA) is 64.9 Å². The molecule has 0 spiro atoms. The van der Waals surface area contributed by atoms with E-state index < -0.39 is 0 Å². The molecule has 2 rings (SSSR count). The van der Waals surface area contributed by atoms with E-state index in [4.69, 9.17) is 10.3 Å². The van der Waals surface area contributed by atoms with Crippen molar-refractivity contribution in [2.24, 2.45) is 5.73 Å². The molecule has 0 aliphatic rings. The molecule has 0 saturated heterocycles. The Balaban J connectivity index is 2.26. The summed E-state index contributed by atoms with van der Waals surface area (Å²) in [4.78, 5) is 4.12. The minimum atomic E-state index is -0.373. The number of hydrogen-bond acceptors (Lipinski definition) is 4. The molecule has 0 bridgehead atoms. The van der Waals surface area contributed by atoms with Crippen LogP contribution in [0.25, 0.3) is 11.4 Å². The third kappa shape index (κ3) is 2.57. The lowest BCUT2D eigenvalue weighted by Crippen LogP contribution is -2.09. The largest absolute Gasteiger partial charge is 0.337 e. The van der Waals surface area contributed by atoms with Gasteiger partial charge in [0.05, 0.1) is 6.04 Å². The Morgan fingerprint density at radius 1 is 1.53 bits per heavy atom. The van der Waals surface area contributed by atoms with Crippen molar-refractivity contribution in [3.05, 3.63) is 48.6 Å². The Bertz CT molecular complexity index is 524. The monoisotopic (exact) mass is 233 g/mol. The summed E-state index contributed by atoms with van der Waals surface area (Å²) in [7, 11) is 0. The lowest BCUT2D eigenvalue weighted by molar-refractivity contribution is 0.356. The van der Waals surface area contributed by atoms with E-state index in [0.29, 0.717) is 23.7 Å². The number of rotatable bonds is 4. The normalized spacial score (nSPS) is 12.4. The second kappa shape index (κ2) is 4.88. The standard InChI is InChI=1S/C12H12FN3O/c1-2-4-10(14)12-15-11(16-17-12)8-5-3-6-9(13)7-8/h2-3,5-7,10H,1,4,14H2. The zero-order chi connectivity index (χ0) is 12.3. The fourth-order valence-corrected chi connectivity index (χ4v) is 1.41. The molecule has 1 atom stereocenters. The first-order valence-corrected chi connectivity index (χ1v) is 5.16. The lowest BCUT2D eigenvalue weighted by atomic mass is 10.2. The van der Waals surface area contributed by atoms with E-state index in [1.807, 2.05) is 0 Å². The summed E-state index contributed by atoms with van der Waals surface area (Å²) in [5.74, 6) is 0.312. The third-order valence-electron chi connectivity index (χ3n) is 2.26. The van der Waals surface area contributed by atoms with E-state index >= 15 is 0 Å². The Morgan fingerprint density at radius 3 is 3.06 bits per heavy atom. The van der Waals surface area contributed by atoms with Gasteiger partial charge in [-0.05, 0) is 18.6 Å². The van der Waals surface area contributed by atoms with E-state index in [1.54, 1.807) is 18.2 Å². The van der Waals surface area contributed by atoms with Crippen LogP contribution in [0.15, 0.2) is 41.4 Å². The quantitative estimate of drug-likeness (QED) is 0.824. The van der Waals surface area contributed by atoms with Gasteiger partial charge in [0, 0.05) is 5.56 Å². The van der Waals surface area contributed by atoms with Gasteiger partial charge in [-0.15, -0.1) is 6.58 Å². The van der Waals surface area contributed by atoms with Crippen LogP contribution >= 0.6 is 0 Å². The van der Waals surface area contributed by atoms with Crippen LogP contribution in [-0.4, -0.2) is 10.1 Å². The van der Waals surface area contributed by atoms with E-state index in [0.717, 1.165) is 0 Å². The van der Waals surface area contributed by atoms with Crippen LogP contribution in [0, 0.1) is 5.82 Å². The van der Waals surface area contributed by atoms with Crippen molar-refractivity contribution in [1.82, 2.24) is 10.1 Å². The average Bonchev–Trinajstić information content (AvgIpc) is 2.78. The van der Waals surface area contributed by atoms with Crippen molar-refractivity contribution in [2.45, 2.75) is 12.5 Å². The fraction of sp³-hybridized carbons (Fsp3) is 0.167. The van der Waals surface area contributed by atoms with Gasteiger partial charge in [0.1, 0.15) is 5.82 Å². The van der Waals surface area contributed by atoms with Crippen LogP contribution in [0.4, 0.5) is 4.39 Å². The molecule has 1 unspecified atom stereocenters. The smallest absolute Gasteiger partial charge is 0.244 e. The maximum Gasteiger partial charge on any atom is 0.244 e. The van der Waals surface area contributed by atoms with Gasteiger partial charge in [-0.3, -0.25) is 0 Å². The van der Waals surface area contributed by atoms with Crippen molar-refractivity contribution >= 4 is 0 Å². The Labute approximate surface area is 97.9 Å². The number of nitrogens with zero attached hydrogens (tertiary/aromatic N) is 2. The summed E-state index contributed by atoms with van der Waals surface area (Å²) < 4.78 is 18.0. The minimum Gasteiger partial charge on any atom is -0.337 e. The number of halogens is 1. The fourth-order valence-electron chi connectivity index (χ4n) is 1.41. The van der Waals surface area contributed by atoms with Gasteiger partial charge in [-0.25, -0.2) is 4.39 Å². The molecule has 2 N–H and O–H groups in total. The highest BCUT2D eigenvalue weighted by Gasteiger charge is 2.14. The van der Waals surface area contributed by atoms with E-state index in [1.165, 1.54) is 12.1 Å². The Hall–Kier alpha value is -2.01. The number of hydrogen-bond donors (Lipinski definition) is 1. The SMILES string of the molecule is C=CCC(N)c1nc(-c2cccc(F)c2)no1. The van der Waals surface area contributed by atoms with Crippen molar-refractivity contribution in [3.8, 4) is 11.4 Å². The van der Waals surface area contributed by atoms with Crippen molar-refractivity contribution in [3.63, 3.8) is 0 Å². The highest BCUT2D eigenvalue weighted by atomic mass is 19.1. The highest BCUT2D eigenvalue weighted by Crippen LogP contribution is 2.19. The van der Waals surface area contributed by atoms with Gasteiger partial charge in [0.15, 0.2) is 0 Å². The molecule has 0 aliphatic carbocycles. The molecule has 17 heavy (non-hydrogen) atoms. The first-order valence-electron chi connectivity index (χ1n) is 5.16. The highest BCUT2D eigenvalue weighted by molar-refractivity contribution is 5.53. The first-order chi connectivity index (χ1) is 8.20. The molecular weight excluding hydrogens is 221 g/mol. The van der Waals surface area contributed by atoms with Gasteiger partial charge in [0.2, 0.25) is 11.7 Å². The predicted octanol–water partition coefficient (Wildman–Crippen LogP) is 2.45. The van der Waals surface area contributed by atoms with Crippen molar-refractivity contribution in [2.75, 3.05) is 0 Å². The van der Waals surface area contributed by atoms with E-state index in [2.05, 4.69) is 16.7 Å². The van der Waals surface area contributed by atoms with Crippen LogP contribution in [0.2, 0.25) is 0 Å². The molecular formula is C12H12FN3O. The zero-order valence-corrected chi connectivity index (χ0v) is 9.14. The second-order valence-electron chi connectivity index (χ2n) is 3.60. The Morgan fingerprint density at radius 2 is 2.35 bits per heavy atom. The molecule has 0 saturated carbocycles. The van der Waals surface area contributed by atoms with Gasteiger partial charge >= 0.3 is 0 Å². The molecule has 0 aliphatic heterocycles. The lowest BCUT2D eigenvalue weighted by Gasteiger charge is -2.00. The maximum atomic E-state index is 13.0. The second-order valence-corrected chi connectivity index (χ2v) is 3.60. The summed E-state index contributed by atoms with van der Waals surface area (Å²) >= 11 is 0. The molecule has 0 fully saturated rings. The zero-order valence-electron chi connectivity index (χ0n) is 9.14. The summed E-state index contributed by atoms with van der Waals surface area (Å²) in [5, 5.41) is 3.76. The van der Waals surface area contributed by atoms with Crippen LogP contribution in [0.1, 0.15) is 18.4 Å². The predicted molar refractivity (Wildman–Crippen MR) is 61.4 cm³/mol. The van der Waals surface area contributed by atoms with Crippen LogP contribution in [0.5, 0.6) is 0 Å². The molecule has 0 radical (unpaired) electrons. The Kier molecular flexibility index (Phi) is 3.30. The third-order valence-corrected chi connectivity index (χ3v) is 2.26. The molecule has 1 aromatic heterocycles. The maximum absolute atomic E-state index is 13.0. The number of nitrogens with two attached hydrogens (primary N) is 1. The van der Waals surface area contributed by atoms with Gasteiger partial charge in [-0.2, -0.15) is 4.98 Å². The molecule has 2 aromatic rings. The first kappa shape index (κ1) is 11.5. The average molecular weight is 233 g/mol. The number of aromatic nitrogens is 2. The van der Waals surface area contributed by atoms with Crippen molar-refractivity contribution < 1.29 is 8.91 Å². The van der Waals surface area contributed by atoms with Crippen LogP contribution in [0.3, 0.4) is 0 Å².